The third-order valence-electron chi connectivity index (χ3n) is 17.8. The molecular formula is C81H59Cl5F13N20O11SY5-5. The zero-order valence-electron chi connectivity index (χ0n) is 70.8. The van der Waals surface area contributed by atoms with Crippen LogP contribution in [0.4, 0.5) is 57.1 Å². The second-order valence-electron chi connectivity index (χ2n) is 26.4. The Balaban J connectivity index is 0.000000259. The molecule has 55 heteroatoms. The van der Waals surface area contributed by atoms with E-state index in [1.165, 1.54) is 105 Å². The maximum Gasteiger partial charge on any atom is 0.573 e. The summed E-state index contributed by atoms with van der Waals surface area (Å²) in [6.45, 7) is 2.52. The summed E-state index contributed by atoms with van der Waals surface area (Å²) in [7, 11) is 7.04. The fourth-order valence-corrected chi connectivity index (χ4v) is 13.1. The van der Waals surface area contributed by atoms with Gasteiger partial charge >= 0.3 is 41.0 Å². The largest absolute Gasteiger partial charge is 0.573 e. The van der Waals surface area contributed by atoms with Gasteiger partial charge in [-0.2, -0.15) is 148 Å². The summed E-state index contributed by atoms with van der Waals surface area (Å²) in [4.78, 5) is 61.5. The Kier molecular flexibility index (Phi) is 45.3. The molecule has 0 bridgehead atoms. The van der Waals surface area contributed by atoms with Gasteiger partial charge in [0.05, 0.1) is 39.6 Å². The number of alkyl halides is 8. The van der Waals surface area contributed by atoms with E-state index in [-0.39, 0.29) is 288 Å². The van der Waals surface area contributed by atoms with Gasteiger partial charge in [-0.3, -0.25) is 0 Å². The molecule has 0 aliphatic rings. The molecule has 15 rings (SSSR count). The quantitative estimate of drug-likeness (QED) is 0.0308. The molecule has 0 aliphatic carbocycles. The number of tetrazole rings is 5. The number of thioether (sulfide) groups is 1. The van der Waals surface area contributed by atoms with Crippen molar-refractivity contribution in [3.05, 3.63) is 333 Å². The number of benzene rings is 10. The zero-order valence-corrected chi connectivity index (χ0v) is 89.6. The first-order valence-electron chi connectivity index (χ1n) is 36.9. The Bertz CT molecular complexity index is 6980. The van der Waals surface area contributed by atoms with Crippen molar-refractivity contribution in [1.82, 2.24) is 99.0 Å². The Labute approximate surface area is 914 Å². The number of nitrogens with zero attached hydrogens (tertiary/aromatic N) is 20. The number of hydrogen-bond donors (Lipinski definition) is 0. The minimum Gasteiger partial charge on any atom is -0.513 e. The summed E-state index contributed by atoms with van der Waals surface area (Å²) in [5, 5.41) is 37.1. The normalized spacial score (nSPS) is 10.8. The molecule has 0 fully saturated rings. The monoisotopic (exact) mass is 2390 g/mol. The van der Waals surface area contributed by atoms with Gasteiger partial charge in [0, 0.05) is 289 Å². The van der Waals surface area contributed by atoms with Crippen molar-refractivity contribution in [2.45, 2.75) is 70.7 Å². The summed E-state index contributed by atoms with van der Waals surface area (Å²) >= 11 is 31.3. The Morgan fingerprint density at radius 3 is 0.949 bits per heavy atom. The van der Waals surface area contributed by atoms with Gasteiger partial charge in [-0.25, -0.2) is 54.7 Å². The van der Waals surface area contributed by atoms with Gasteiger partial charge < -0.3 is 28.4 Å². The van der Waals surface area contributed by atoms with Gasteiger partial charge in [0.1, 0.15) is 38.8 Å². The van der Waals surface area contributed by atoms with E-state index in [1.54, 1.807) is 30.0 Å². The fraction of sp³-hybridized carbons (Fsp3) is 0.198. The summed E-state index contributed by atoms with van der Waals surface area (Å²) in [5.74, 6) is -3.11. The fourth-order valence-electron chi connectivity index (χ4n) is 11.5. The first-order chi connectivity index (χ1) is 62.2. The van der Waals surface area contributed by atoms with Gasteiger partial charge in [-0.05, 0) is 144 Å². The van der Waals surface area contributed by atoms with Crippen LogP contribution in [0.25, 0.3) is 28.4 Å². The van der Waals surface area contributed by atoms with Crippen LogP contribution in [0.15, 0.2) is 181 Å². The van der Waals surface area contributed by atoms with E-state index in [4.69, 9.17) is 81.7 Å². The third kappa shape index (κ3) is 30.2. The van der Waals surface area contributed by atoms with Crippen molar-refractivity contribution in [2.75, 3.05) is 5.75 Å². The van der Waals surface area contributed by atoms with Crippen molar-refractivity contribution < 1.29 is 249 Å². The van der Waals surface area contributed by atoms with E-state index in [1.807, 2.05) is 32.0 Å². The molecule has 0 aliphatic heterocycles. The van der Waals surface area contributed by atoms with E-state index in [0.717, 1.165) is 119 Å². The molecule has 0 amide bonds. The topological polar surface area (TPSA) is 319 Å². The summed E-state index contributed by atoms with van der Waals surface area (Å²) < 4.78 is 213. The number of halogens is 18. The van der Waals surface area contributed by atoms with Crippen LogP contribution in [0.1, 0.15) is 57.9 Å². The first-order valence-corrected chi connectivity index (χ1v) is 39.8. The van der Waals surface area contributed by atoms with Crippen LogP contribution in [0.3, 0.4) is 0 Å². The molecule has 5 radical (unpaired) electrons. The van der Waals surface area contributed by atoms with Crippen LogP contribution < -0.4 is 56.9 Å². The smallest absolute Gasteiger partial charge is 0.513 e. The number of aryl methyl sites for hydroxylation is 6. The molecule has 0 unspecified atom stereocenters. The molecule has 31 nitrogen and oxygen atoms in total. The van der Waals surface area contributed by atoms with Crippen LogP contribution in [-0.2, 0) is 238 Å². The van der Waals surface area contributed by atoms with Gasteiger partial charge in [-0.1, -0.05) is 79.7 Å². The number of hydrogen-bond acceptors (Lipinski definition) is 22. The second kappa shape index (κ2) is 52.9. The van der Waals surface area contributed by atoms with Gasteiger partial charge in [0.15, 0.2) is 0 Å². The maximum absolute atomic E-state index is 13.4. The molecular weight excluding hydrogens is 2330 g/mol. The second-order valence-corrected chi connectivity index (χ2v) is 29.7. The standard InChI is InChI=1S/C17H15ClFN4O2S.C16H10ClF4N4O3.C16H10ClF4N4O2.C16H11ClF3N4O2.C16H13ClFN4O2.5Y/c1-3-26-16-6-4-5-14(23-17(24)22(2)20-21-23)12(16)10-25-15-9-11(19)7-8-13(15)18;1-24-15(26)25(23-22-24)12-3-2-4-13(28-16(19,20)21)10(12)8-27-14-7-9(18)5-6-11(14)17;1-24-15(26)25(23-22-24)13-4-2-3-11(16(19,20)21)10(13)8-27-14-7-9(18)5-6-12(14)17;1-23-16(25)24(22-21-23)13-4-2-3-10(15(19)20)11(13)8-26-14-7-9(18)5-6-12(14)17;1-10-4-3-5-14(22-16(23)21(2)19-20-22)12(10)9-24-15-8-11(18)6-7-13(15)17;;;;;/h4-6,8-9H,3,10H2,1-2H3;2-4,6-7H,8H2,1H3;2-4,6-7H,8H2,1H3;2-4,6-7,15H,8H2,1H3;3-5,7-8H,9H2,1-2H3;;;;;/q5*-1;;;;;. The average molecular weight is 2390 g/mol. The Morgan fingerprint density at radius 1 is 0.360 bits per heavy atom. The summed E-state index contributed by atoms with van der Waals surface area (Å²) in [6.07, 6.45) is -12.5. The number of aromatic nitrogens is 20. The minimum absolute atomic E-state index is 0. The van der Waals surface area contributed by atoms with Crippen molar-refractivity contribution in [3.8, 4) is 62.9 Å². The molecule has 0 N–H and O–H groups in total. The Morgan fingerprint density at radius 2 is 0.632 bits per heavy atom. The van der Waals surface area contributed by atoms with Crippen LogP contribution in [0.5, 0.6) is 34.5 Å². The predicted molar refractivity (Wildman–Crippen MR) is 444 cm³/mol. The van der Waals surface area contributed by atoms with E-state index in [9.17, 15) is 81.0 Å². The molecule has 15 aromatic rings. The minimum atomic E-state index is -4.99. The molecule has 0 saturated carbocycles. The SMILES string of the molecule is CCSc1cccc(-n2nnn(C)c2=O)c1COc1cc(F)[c-]cc1Cl.Cc1cccc(-n2nnn(C)c2=O)c1COc1cc(F)[c-]cc1Cl.Cn1nnn(-c2cccc(C(F)(F)F)c2COc2cc(F)[c-]cc2Cl)c1=O.Cn1nnn(-c2cccc(C(F)F)c2COc2cc(F)[c-]cc2Cl)c1=O.Cn1nnn(-c2cccc(OC(F)(F)F)c2COc2cc(F)[c-]cc2Cl)c1=O.[Y].[Y].[Y].[Y].[Y]. The van der Waals surface area contributed by atoms with Crippen molar-refractivity contribution >= 4 is 69.8 Å². The van der Waals surface area contributed by atoms with Gasteiger partial charge in [0.2, 0.25) is 0 Å². The third-order valence-corrected chi connectivity index (χ3v) is 20.2. The average Bonchev–Trinajstić information content (AvgIpc) is 1.36. The van der Waals surface area contributed by atoms with Crippen LogP contribution in [-0.4, -0.2) is 111 Å². The van der Waals surface area contributed by atoms with Crippen molar-refractivity contribution in [3.63, 3.8) is 0 Å². The van der Waals surface area contributed by atoms with E-state index in [0.29, 0.717) is 11.4 Å². The van der Waals surface area contributed by atoms with Gasteiger partial charge in [0.25, 0.3) is 6.43 Å². The summed E-state index contributed by atoms with van der Waals surface area (Å²) in [6, 6.07) is 44.3. The van der Waals surface area contributed by atoms with Crippen LogP contribution in [0.2, 0.25) is 25.1 Å². The molecule has 5 aromatic heterocycles. The van der Waals surface area contributed by atoms with Crippen LogP contribution in [0, 0.1) is 66.3 Å². The zero-order chi connectivity index (χ0) is 95.0. The molecule has 0 atom stereocenters. The van der Waals surface area contributed by atoms with Crippen LogP contribution >= 0.6 is 69.8 Å². The maximum atomic E-state index is 13.4. The number of rotatable bonds is 24. The summed E-state index contributed by atoms with van der Waals surface area (Å²) in [5.41, 5.74) is -1.40. The van der Waals surface area contributed by atoms with E-state index in [2.05, 4.69) is 87.2 Å². The number of ether oxygens (including phenoxy) is 6. The Hall–Kier alpha value is -8.24. The molecule has 701 valence electrons. The molecule has 136 heavy (non-hydrogen) atoms. The predicted octanol–water partition coefficient (Wildman–Crippen LogP) is 15.0. The van der Waals surface area contributed by atoms with E-state index >= 15 is 0 Å². The first kappa shape index (κ1) is 116. The van der Waals surface area contributed by atoms with Gasteiger partial charge in [-0.15, -0.1) is 55.3 Å². The molecule has 5 heterocycles. The molecule has 0 saturated heterocycles. The van der Waals surface area contributed by atoms with Crippen molar-refractivity contribution in [2.24, 2.45) is 35.2 Å². The molecule has 0 spiro atoms. The van der Waals surface area contributed by atoms with E-state index < -0.39 is 89.6 Å². The van der Waals surface area contributed by atoms with Crippen molar-refractivity contribution in [1.29, 1.82) is 0 Å². The molecule has 10 aromatic carbocycles.